The van der Waals surface area contributed by atoms with Gasteiger partial charge in [0.1, 0.15) is 0 Å². The minimum atomic E-state index is 0.0821. The number of ketones is 1. The summed E-state index contributed by atoms with van der Waals surface area (Å²) in [5, 5.41) is 0. The van der Waals surface area contributed by atoms with Crippen LogP contribution in [0.4, 0.5) is 0 Å². The average molecular weight is 195 g/mol. The van der Waals surface area contributed by atoms with Crippen LogP contribution in [0.3, 0.4) is 0 Å². The van der Waals surface area contributed by atoms with Gasteiger partial charge in [-0.05, 0) is 11.6 Å². The summed E-state index contributed by atoms with van der Waals surface area (Å²) in [5.41, 5.74) is 1.67. The van der Waals surface area contributed by atoms with Crippen molar-refractivity contribution < 1.29 is 4.79 Å². The molecule has 0 aromatic heterocycles. The molecular formula is C11H11ClO. The van der Waals surface area contributed by atoms with Gasteiger partial charge in [-0.25, -0.2) is 0 Å². The highest BCUT2D eigenvalue weighted by Gasteiger charge is 2.03. The Labute approximate surface area is 83.0 Å². The molecule has 0 aliphatic heterocycles. The lowest BCUT2D eigenvalue weighted by Gasteiger charge is -1.99. The van der Waals surface area contributed by atoms with Gasteiger partial charge < -0.3 is 0 Å². The molecule has 0 N–H and O–H groups in total. The third-order valence-corrected chi connectivity index (χ3v) is 1.95. The molecule has 0 amide bonds. The van der Waals surface area contributed by atoms with Crippen molar-refractivity contribution in [1.29, 1.82) is 0 Å². The third kappa shape index (κ3) is 2.71. The largest absolute Gasteiger partial charge is 0.294 e. The number of rotatable bonds is 4. The van der Waals surface area contributed by atoms with Crippen molar-refractivity contribution in [3.63, 3.8) is 0 Å². The van der Waals surface area contributed by atoms with Gasteiger partial charge in [0.25, 0.3) is 0 Å². The zero-order valence-electron chi connectivity index (χ0n) is 7.29. The van der Waals surface area contributed by atoms with Crippen molar-refractivity contribution in [3.05, 3.63) is 42.0 Å². The molecule has 0 bridgehead atoms. The number of carbonyl (C=O) groups is 1. The van der Waals surface area contributed by atoms with Crippen molar-refractivity contribution >= 4 is 23.5 Å². The molecule has 0 spiro atoms. The van der Waals surface area contributed by atoms with Crippen molar-refractivity contribution in [2.75, 3.05) is 5.88 Å². The standard InChI is InChI=1S/C11H11ClO/c1-2-9-4-3-5-10(8-9)11(13)6-7-12/h2-5,8H,1,6-7H2. The third-order valence-electron chi connectivity index (χ3n) is 1.77. The Morgan fingerprint density at radius 1 is 1.54 bits per heavy atom. The summed E-state index contributed by atoms with van der Waals surface area (Å²) in [4.78, 5) is 11.4. The topological polar surface area (TPSA) is 17.1 Å². The van der Waals surface area contributed by atoms with Crippen LogP contribution in [0.5, 0.6) is 0 Å². The second-order valence-corrected chi connectivity index (χ2v) is 3.07. The van der Waals surface area contributed by atoms with Gasteiger partial charge in [-0.3, -0.25) is 4.79 Å². The van der Waals surface area contributed by atoms with E-state index in [4.69, 9.17) is 11.6 Å². The van der Waals surface area contributed by atoms with Gasteiger partial charge in [0, 0.05) is 17.9 Å². The second-order valence-electron chi connectivity index (χ2n) is 2.69. The molecule has 1 rings (SSSR count). The highest BCUT2D eigenvalue weighted by atomic mass is 35.5. The van der Waals surface area contributed by atoms with Crippen LogP contribution in [0.25, 0.3) is 6.08 Å². The zero-order chi connectivity index (χ0) is 9.68. The molecule has 0 aliphatic rings. The van der Waals surface area contributed by atoms with E-state index in [1.165, 1.54) is 0 Å². The van der Waals surface area contributed by atoms with E-state index in [1.54, 1.807) is 12.1 Å². The summed E-state index contributed by atoms with van der Waals surface area (Å²) in [6, 6.07) is 7.37. The lowest BCUT2D eigenvalue weighted by Crippen LogP contribution is -1.99. The van der Waals surface area contributed by atoms with Crippen LogP contribution in [0.2, 0.25) is 0 Å². The Balaban J connectivity index is 2.88. The lowest BCUT2D eigenvalue weighted by molar-refractivity contribution is 0.0989. The second kappa shape index (κ2) is 4.83. The summed E-state index contributed by atoms with van der Waals surface area (Å²) in [6.45, 7) is 3.64. The Bertz CT molecular complexity index is 318. The highest BCUT2D eigenvalue weighted by molar-refractivity contribution is 6.19. The molecular weight excluding hydrogens is 184 g/mol. The number of hydrogen-bond donors (Lipinski definition) is 0. The van der Waals surface area contributed by atoms with Gasteiger partial charge in [0.05, 0.1) is 0 Å². The molecule has 0 aliphatic carbocycles. The Morgan fingerprint density at radius 3 is 2.92 bits per heavy atom. The maximum absolute atomic E-state index is 11.4. The summed E-state index contributed by atoms with van der Waals surface area (Å²) in [7, 11) is 0. The van der Waals surface area contributed by atoms with Crippen LogP contribution in [-0.2, 0) is 0 Å². The van der Waals surface area contributed by atoms with E-state index in [2.05, 4.69) is 6.58 Å². The van der Waals surface area contributed by atoms with Crippen LogP contribution in [-0.4, -0.2) is 11.7 Å². The Morgan fingerprint density at radius 2 is 2.31 bits per heavy atom. The number of benzene rings is 1. The molecule has 0 atom stereocenters. The fourth-order valence-electron chi connectivity index (χ4n) is 1.07. The average Bonchev–Trinajstić information content (AvgIpc) is 2.18. The first-order valence-corrected chi connectivity index (χ1v) is 4.63. The molecule has 0 radical (unpaired) electrons. The number of carbonyl (C=O) groups excluding carboxylic acids is 1. The van der Waals surface area contributed by atoms with E-state index in [-0.39, 0.29) is 5.78 Å². The minimum Gasteiger partial charge on any atom is -0.294 e. The van der Waals surface area contributed by atoms with Crippen molar-refractivity contribution in [3.8, 4) is 0 Å². The summed E-state index contributed by atoms with van der Waals surface area (Å²) in [5.74, 6) is 0.454. The van der Waals surface area contributed by atoms with Gasteiger partial charge >= 0.3 is 0 Å². The fourth-order valence-corrected chi connectivity index (χ4v) is 1.24. The summed E-state index contributed by atoms with van der Waals surface area (Å²) in [6.07, 6.45) is 2.11. The van der Waals surface area contributed by atoms with Gasteiger partial charge in [-0.1, -0.05) is 30.9 Å². The van der Waals surface area contributed by atoms with E-state index in [1.807, 2.05) is 18.2 Å². The van der Waals surface area contributed by atoms with E-state index in [0.29, 0.717) is 17.9 Å². The first-order chi connectivity index (χ1) is 6.27. The molecule has 0 saturated heterocycles. The number of halogens is 1. The van der Waals surface area contributed by atoms with Crippen LogP contribution in [0, 0.1) is 0 Å². The van der Waals surface area contributed by atoms with E-state index in [0.717, 1.165) is 5.56 Å². The van der Waals surface area contributed by atoms with E-state index in [9.17, 15) is 4.79 Å². The monoisotopic (exact) mass is 194 g/mol. The number of hydrogen-bond acceptors (Lipinski definition) is 1. The lowest BCUT2D eigenvalue weighted by atomic mass is 10.1. The molecule has 1 aromatic rings. The molecule has 68 valence electrons. The first-order valence-electron chi connectivity index (χ1n) is 4.09. The van der Waals surface area contributed by atoms with Crippen molar-refractivity contribution in [2.45, 2.75) is 6.42 Å². The van der Waals surface area contributed by atoms with E-state index < -0.39 is 0 Å². The van der Waals surface area contributed by atoms with Gasteiger partial charge in [-0.15, -0.1) is 11.6 Å². The van der Waals surface area contributed by atoms with Crippen LogP contribution >= 0.6 is 11.6 Å². The summed E-state index contributed by atoms with van der Waals surface area (Å²) >= 11 is 5.48. The zero-order valence-corrected chi connectivity index (χ0v) is 8.05. The molecule has 2 heteroatoms. The van der Waals surface area contributed by atoms with Crippen molar-refractivity contribution in [2.24, 2.45) is 0 Å². The van der Waals surface area contributed by atoms with Crippen LogP contribution < -0.4 is 0 Å². The predicted molar refractivity (Wildman–Crippen MR) is 56.2 cm³/mol. The summed E-state index contributed by atoms with van der Waals surface area (Å²) < 4.78 is 0. The molecule has 0 heterocycles. The van der Waals surface area contributed by atoms with Gasteiger partial charge in [-0.2, -0.15) is 0 Å². The molecule has 13 heavy (non-hydrogen) atoms. The molecule has 0 saturated carbocycles. The SMILES string of the molecule is C=Cc1cccc(C(=O)CCCl)c1. The van der Waals surface area contributed by atoms with Crippen LogP contribution in [0.15, 0.2) is 30.8 Å². The Kier molecular flexibility index (Phi) is 3.71. The maximum atomic E-state index is 11.4. The normalized spacial score (nSPS) is 9.62. The van der Waals surface area contributed by atoms with Gasteiger partial charge in [0.2, 0.25) is 0 Å². The number of alkyl halides is 1. The molecule has 1 aromatic carbocycles. The van der Waals surface area contributed by atoms with E-state index >= 15 is 0 Å². The molecule has 0 unspecified atom stereocenters. The smallest absolute Gasteiger partial charge is 0.164 e. The fraction of sp³-hybridized carbons (Fsp3) is 0.182. The maximum Gasteiger partial charge on any atom is 0.164 e. The van der Waals surface area contributed by atoms with Crippen LogP contribution in [0.1, 0.15) is 22.3 Å². The number of Topliss-reactive ketones (excluding diaryl/α,β-unsaturated/α-hetero) is 1. The highest BCUT2D eigenvalue weighted by Crippen LogP contribution is 2.09. The first kappa shape index (κ1) is 10.0. The molecule has 0 fully saturated rings. The predicted octanol–water partition coefficient (Wildman–Crippen LogP) is 3.14. The van der Waals surface area contributed by atoms with Gasteiger partial charge in [0.15, 0.2) is 5.78 Å². The molecule has 1 nitrogen and oxygen atoms in total. The van der Waals surface area contributed by atoms with Crippen molar-refractivity contribution in [1.82, 2.24) is 0 Å². The minimum absolute atomic E-state index is 0.0821. The Hall–Kier alpha value is -1.08. The quantitative estimate of drug-likeness (QED) is 0.532.